The van der Waals surface area contributed by atoms with Gasteiger partial charge in [-0.3, -0.25) is 9.36 Å². The second-order valence-electron chi connectivity index (χ2n) is 7.61. The first-order valence-electron chi connectivity index (χ1n) is 9.44. The lowest BCUT2D eigenvalue weighted by Gasteiger charge is -2.52. The van der Waals surface area contributed by atoms with Crippen LogP contribution < -0.4 is 10.3 Å². The Morgan fingerprint density at radius 3 is 2.83 bits per heavy atom. The van der Waals surface area contributed by atoms with Crippen LogP contribution in [0, 0.1) is 6.92 Å². The summed E-state index contributed by atoms with van der Waals surface area (Å²) >= 11 is 1.11. The summed E-state index contributed by atoms with van der Waals surface area (Å²) in [5, 5.41) is 10.2. The van der Waals surface area contributed by atoms with Crippen LogP contribution in [0.5, 0.6) is 0 Å². The Morgan fingerprint density at radius 2 is 2.17 bits per heavy atom. The molecule has 1 N–H and O–H groups in total. The van der Waals surface area contributed by atoms with Crippen LogP contribution in [0.2, 0.25) is 0 Å². The van der Waals surface area contributed by atoms with E-state index in [0.717, 1.165) is 49.9 Å². The minimum atomic E-state index is -1.28. The summed E-state index contributed by atoms with van der Waals surface area (Å²) in [5.74, 6) is -0.534. The van der Waals surface area contributed by atoms with E-state index in [1.807, 2.05) is 6.07 Å². The predicted octanol–water partition coefficient (Wildman–Crippen LogP) is 2.00. The monoisotopic (exact) mass is 413 g/mol. The van der Waals surface area contributed by atoms with Crippen molar-refractivity contribution in [2.75, 3.05) is 24.6 Å². The molecule has 0 unspecified atom stereocenters. The number of aryl methyl sites for hydroxylation is 1. The minimum absolute atomic E-state index is 0.0884. The Bertz CT molecular complexity index is 1160. The average Bonchev–Trinajstić information content (AvgIpc) is 3.20. The molecule has 5 heterocycles. The van der Waals surface area contributed by atoms with Gasteiger partial charge in [-0.25, -0.2) is 14.8 Å². The summed E-state index contributed by atoms with van der Waals surface area (Å²) in [6.45, 7) is 4.13. The third-order valence-electron chi connectivity index (χ3n) is 5.65. The van der Waals surface area contributed by atoms with E-state index in [4.69, 9.17) is 9.72 Å². The van der Waals surface area contributed by atoms with E-state index < -0.39 is 11.4 Å². The van der Waals surface area contributed by atoms with E-state index >= 15 is 0 Å². The number of anilines is 1. The fraction of sp³-hybridized carbons (Fsp3) is 0.421. The molecule has 150 valence electrons. The molecule has 3 aromatic rings. The van der Waals surface area contributed by atoms with Gasteiger partial charge in [0.1, 0.15) is 23.3 Å². The number of hydrogen-bond donors (Lipinski definition) is 1. The lowest BCUT2D eigenvalue weighted by Crippen LogP contribution is -2.64. The third-order valence-corrected chi connectivity index (χ3v) is 6.31. The van der Waals surface area contributed by atoms with Crippen LogP contribution in [0.4, 0.5) is 5.82 Å². The SMILES string of the molecule is Cc1cc(N2CC3(CCCCO3)C2)nc2c1c(=O)c(C(=O)O)cn2-c1ncns1. The zero-order chi connectivity index (χ0) is 20.2. The zero-order valence-corrected chi connectivity index (χ0v) is 16.6. The van der Waals surface area contributed by atoms with Crippen molar-refractivity contribution in [2.45, 2.75) is 31.8 Å². The number of fused-ring (bicyclic) bond motifs is 1. The molecular formula is C19H19N5O4S. The molecule has 2 fully saturated rings. The molecule has 0 aliphatic carbocycles. The highest BCUT2D eigenvalue weighted by Crippen LogP contribution is 2.37. The molecular weight excluding hydrogens is 394 g/mol. The number of pyridine rings is 2. The van der Waals surface area contributed by atoms with Crippen molar-refractivity contribution < 1.29 is 14.6 Å². The molecule has 3 aromatic heterocycles. The first-order valence-corrected chi connectivity index (χ1v) is 10.2. The normalized spacial score (nSPS) is 18.2. The molecule has 0 aromatic carbocycles. The van der Waals surface area contributed by atoms with E-state index in [1.165, 1.54) is 18.9 Å². The largest absolute Gasteiger partial charge is 0.477 e. The van der Waals surface area contributed by atoms with Gasteiger partial charge in [0.2, 0.25) is 10.6 Å². The highest BCUT2D eigenvalue weighted by molar-refractivity contribution is 7.08. The number of carbonyl (C=O) groups is 1. The van der Waals surface area contributed by atoms with E-state index in [2.05, 4.69) is 14.3 Å². The van der Waals surface area contributed by atoms with Gasteiger partial charge in [0, 0.05) is 24.3 Å². The van der Waals surface area contributed by atoms with Crippen molar-refractivity contribution in [3.05, 3.63) is 39.9 Å². The molecule has 2 aliphatic rings. The van der Waals surface area contributed by atoms with E-state index in [1.54, 1.807) is 11.5 Å². The molecule has 10 heteroatoms. The Morgan fingerprint density at radius 1 is 1.34 bits per heavy atom. The van der Waals surface area contributed by atoms with Crippen LogP contribution in [0.3, 0.4) is 0 Å². The topological polar surface area (TPSA) is 110 Å². The van der Waals surface area contributed by atoms with Crippen LogP contribution in [-0.4, -0.2) is 55.3 Å². The number of aromatic nitrogens is 4. The Hall–Kier alpha value is -2.85. The van der Waals surface area contributed by atoms with Crippen LogP contribution in [0.1, 0.15) is 35.2 Å². The van der Waals surface area contributed by atoms with Gasteiger partial charge in [0.05, 0.1) is 18.5 Å². The fourth-order valence-electron chi connectivity index (χ4n) is 4.18. The van der Waals surface area contributed by atoms with Crippen molar-refractivity contribution in [2.24, 2.45) is 0 Å². The first kappa shape index (κ1) is 18.2. The average molecular weight is 413 g/mol. The number of hydrogen-bond acceptors (Lipinski definition) is 8. The second-order valence-corrected chi connectivity index (χ2v) is 8.37. The Balaban J connectivity index is 1.64. The fourth-order valence-corrected chi connectivity index (χ4v) is 4.69. The van der Waals surface area contributed by atoms with Crippen molar-refractivity contribution in [3.63, 3.8) is 0 Å². The standard InChI is InChI=1S/C19H19N5O4S/c1-11-6-13(23-8-19(9-23)4-2-3-5-28-19)22-16-14(11)15(25)12(17(26)27)7-24(16)18-20-10-21-29-18/h6-7,10H,2-5,8-9H2,1H3,(H,26,27). The van der Waals surface area contributed by atoms with E-state index in [9.17, 15) is 14.7 Å². The van der Waals surface area contributed by atoms with Crippen LogP contribution in [0.25, 0.3) is 16.2 Å². The summed E-state index contributed by atoms with van der Waals surface area (Å²) in [7, 11) is 0. The molecule has 0 bridgehead atoms. The molecule has 0 saturated carbocycles. The predicted molar refractivity (Wildman–Crippen MR) is 107 cm³/mol. The highest BCUT2D eigenvalue weighted by Gasteiger charge is 2.45. The number of aromatic carboxylic acids is 1. The second kappa shape index (κ2) is 6.60. The molecule has 9 nitrogen and oxygen atoms in total. The molecule has 2 saturated heterocycles. The molecule has 0 radical (unpaired) electrons. The summed E-state index contributed by atoms with van der Waals surface area (Å²) in [5.41, 5.74) is 0.123. The number of carboxylic acid groups (broad SMARTS) is 1. The van der Waals surface area contributed by atoms with Gasteiger partial charge in [-0.05, 0) is 37.8 Å². The quantitative estimate of drug-likeness (QED) is 0.694. The lowest BCUT2D eigenvalue weighted by atomic mass is 9.86. The number of rotatable bonds is 3. The Kier molecular flexibility index (Phi) is 4.14. The van der Waals surface area contributed by atoms with Crippen molar-refractivity contribution in [1.82, 2.24) is 18.9 Å². The van der Waals surface area contributed by atoms with Gasteiger partial charge in [-0.2, -0.15) is 4.37 Å². The van der Waals surface area contributed by atoms with E-state index in [0.29, 0.717) is 16.3 Å². The lowest BCUT2D eigenvalue weighted by molar-refractivity contribution is -0.0951. The highest BCUT2D eigenvalue weighted by atomic mass is 32.1. The zero-order valence-electron chi connectivity index (χ0n) is 15.8. The molecule has 2 aliphatic heterocycles. The van der Waals surface area contributed by atoms with Gasteiger partial charge < -0.3 is 14.7 Å². The van der Waals surface area contributed by atoms with Crippen molar-refractivity contribution >= 4 is 34.4 Å². The maximum absolute atomic E-state index is 12.8. The molecule has 1 spiro atoms. The molecule has 5 rings (SSSR count). The maximum atomic E-state index is 12.8. The molecule has 29 heavy (non-hydrogen) atoms. The summed E-state index contributed by atoms with van der Waals surface area (Å²) in [4.78, 5) is 35.5. The smallest absolute Gasteiger partial charge is 0.341 e. The van der Waals surface area contributed by atoms with Gasteiger partial charge in [0.15, 0.2) is 5.65 Å². The summed E-state index contributed by atoms with van der Waals surface area (Å²) < 4.78 is 11.5. The maximum Gasteiger partial charge on any atom is 0.341 e. The van der Waals surface area contributed by atoms with Gasteiger partial charge in [-0.15, -0.1) is 0 Å². The van der Waals surface area contributed by atoms with E-state index in [-0.39, 0.29) is 16.6 Å². The van der Waals surface area contributed by atoms with Crippen molar-refractivity contribution in [3.8, 4) is 5.13 Å². The van der Waals surface area contributed by atoms with Gasteiger partial charge >= 0.3 is 5.97 Å². The van der Waals surface area contributed by atoms with Crippen LogP contribution in [-0.2, 0) is 4.74 Å². The number of nitrogens with zero attached hydrogens (tertiary/aromatic N) is 5. The number of carboxylic acids is 1. The van der Waals surface area contributed by atoms with Gasteiger partial charge in [0.25, 0.3) is 0 Å². The van der Waals surface area contributed by atoms with Crippen LogP contribution >= 0.6 is 11.5 Å². The molecule has 0 atom stereocenters. The third kappa shape index (κ3) is 2.90. The number of ether oxygens (including phenoxy) is 1. The van der Waals surface area contributed by atoms with Crippen molar-refractivity contribution in [1.29, 1.82) is 0 Å². The summed E-state index contributed by atoms with van der Waals surface area (Å²) in [6, 6.07) is 1.84. The Labute approximate surface area is 169 Å². The van der Waals surface area contributed by atoms with Crippen LogP contribution in [0.15, 0.2) is 23.4 Å². The molecule has 0 amide bonds. The minimum Gasteiger partial charge on any atom is -0.477 e. The summed E-state index contributed by atoms with van der Waals surface area (Å²) in [6.07, 6.45) is 6.00. The van der Waals surface area contributed by atoms with Gasteiger partial charge in [-0.1, -0.05) is 0 Å². The first-order chi connectivity index (χ1) is 14.0.